The van der Waals surface area contributed by atoms with E-state index in [0.717, 1.165) is 12.8 Å². The molecule has 1 aliphatic carbocycles. The quantitative estimate of drug-likeness (QED) is 0.405. The molecule has 184 valence electrons. The normalized spacial score (nSPS) is 26.0. The average molecular weight is 491 g/mol. The number of carbonyl (C=O) groups excluding carboxylic acids is 3. The van der Waals surface area contributed by atoms with Gasteiger partial charge < -0.3 is 15.4 Å². The van der Waals surface area contributed by atoms with Gasteiger partial charge in [-0.2, -0.15) is 0 Å². The van der Waals surface area contributed by atoms with Crippen molar-refractivity contribution in [3.63, 3.8) is 0 Å². The number of nitrogens with one attached hydrogen (secondary N) is 3. The summed E-state index contributed by atoms with van der Waals surface area (Å²) in [4.78, 5) is 46.4. The molecule has 1 aliphatic heterocycles. The highest BCUT2D eigenvalue weighted by Gasteiger charge is 2.64. The smallest absolute Gasteiger partial charge is 0.413 e. The predicted molar refractivity (Wildman–Crippen MR) is 129 cm³/mol. The molecule has 1 spiro atoms. The second-order valence-electron chi connectivity index (χ2n) is 9.77. The first-order valence-electron chi connectivity index (χ1n) is 11.1. The van der Waals surface area contributed by atoms with Crippen molar-refractivity contribution in [2.75, 3.05) is 10.6 Å². The lowest BCUT2D eigenvalue weighted by Crippen LogP contribution is -2.68. The van der Waals surface area contributed by atoms with Crippen molar-refractivity contribution in [1.29, 1.82) is 0 Å². The van der Waals surface area contributed by atoms with E-state index in [1.165, 1.54) is 17.3 Å². The summed E-state index contributed by atoms with van der Waals surface area (Å²) >= 11 is 6.52. The van der Waals surface area contributed by atoms with Crippen LogP contribution >= 0.6 is 11.6 Å². The van der Waals surface area contributed by atoms with E-state index in [1.807, 2.05) is 6.92 Å². The van der Waals surface area contributed by atoms with Crippen LogP contribution in [-0.2, 0) is 14.3 Å². The molecule has 3 rings (SSSR count). The molecule has 2 aliphatic rings. The van der Waals surface area contributed by atoms with Gasteiger partial charge in [-0.1, -0.05) is 25.4 Å². The van der Waals surface area contributed by atoms with Gasteiger partial charge in [-0.25, -0.2) is 14.8 Å². The van der Waals surface area contributed by atoms with Crippen LogP contribution in [0.1, 0.15) is 60.8 Å². The van der Waals surface area contributed by atoms with Crippen LogP contribution in [0.3, 0.4) is 0 Å². The van der Waals surface area contributed by atoms with E-state index in [4.69, 9.17) is 16.3 Å². The second-order valence-corrected chi connectivity index (χ2v) is 10.2. The van der Waals surface area contributed by atoms with Crippen LogP contribution in [0.4, 0.5) is 16.4 Å². The van der Waals surface area contributed by atoms with Crippen molar-refractivity contribution in [2.24, 2.45) is 5.41 Å². The number of anilines is 2. The third kappa shape index (κ3) is 4.86. The molecule has 2 fully saturated rings. The lowest BCUT2D eigenvalue weighted by atomic mass is 9.58. The topological polar surface area (TPSA) is 126 Å². The Labute approximate surface area is 204 Å². The first-order chi connectivity index (χ1) is 15.8. The van der Waals surface area contributed by atoms with Gasteiger partial charge in [0.05, 0.1) is 5.03 Å². The average Bonchev–Trinajstić information content (AvgIpc) is 3.05. The van der Waals surface area contributed by atoms with E-state index in [2.05, 4.69) is 32.8 Å². The van der Waals surface area contributed by atoms with Gasteiger partial charge in [-0.15, -0.1) is 0 Å². The Balaban J connectivity index is 1.78. The van der Waals surface area contributed by atoms with E-state index >= 15 is 0 Å². The van der Waals surface area contributed by atoms with Gasteiger partial charge in [0.25, 0.3) is 5.91 Å². The van der Waals surface area contributed by atoms with Crippen LogP contribution in [0.15, 0.2) is 34.9 Å². The van der Waals surface area contributed by atoms with Crippen LogP contribution in [0.2, 0.25) is 0 Å². The van der Waals surface area contributed by atoms with Crippen LogP contribution in [0.25, 0.3) is 0 Å². The number of nitrogens with zero attached hydrogens (tertiary/aromatic N) is 3. The Kier molecular flexibility index (Phi) is 6.93. The first-order valence-corrected chi connectivity index (χ1v) is 11.5. The Morgan fingerprint density at radius 2 is 1.94 bits per heavy atom. The molecule has 0 radical (unpaired) electrons. The molecule has 1 saturated heterocycles. The van der Waals surface area contributed by atoms with Crippen molar-refractivity contribution in [1.82, 2.24) is 20.2 Å². The standard InChI is InChI=1S/C23H31ClN6O4/c1-7-22(6)8-9-23(22)29-19(32)18(30(23)13-31)15(24)10-14(2)27-16-11-17(26-12-25-16)28-20(33)34-21(3,4)5/h10-13H,7-9H2,1-6H3,(H,29,32)(H2,25,26,27,28,33)/b14-10+,18-15+. The summed E-state index contributed by atoms with van der Waals surface area (Å²) in [5.74, 6) is 0.255. The highest BCUT2D eigenvalue weighted by Crippen LogP contribution is 2.56. The summed E-state index contributed by atoms with van der Waals surface area (Å²) < 4.78 is 5.22. The van der Waals surface area contributed by atoms with Gasteiger partial charge in [0.1, 0.15) is 34.9 Å². The monoisotopic (exact) mass is 490 g/mol. The third-order valence-electron chi connectivity index (χ3n) is 6.30. The molecule has 1 aromatic heterocycles. The Bertz CT molecular complexity index is 1060. The maximum atomic E-state index is 12.8. The molecule has 2 heterocycles. The summed E-state index contributed by atoms with van der Waals surface area (Å²) in [6.45, 7) is 11.1. The Morgan fingerprint density at radius 3 is 2.47 bits per heavy atom. The molecule has 1 aromatic rings. The molecule has 3 amide bonds. The zero-order valence-electron chi connectivity index (χ0n) is 20.3. The van der Waals surface area contributed by atoms with Crippen LogP contribution in [0, 0.1) is 5.41 Å². The zero-order chi connectivity index (χ0) is 25.3. The summed E-state index contributed by atoms with van der Waals surface area (Å²) in [7, 11) is 0. The van der Waals surface area contributed by atoms with Gasteiger partial charge >= 0.3 is 6.09 Å². The number of amides is 3. The largest absolute Gasteiger partial charge is 0.444 e. The molecule has 1 saturated carbocycles. The maximum Gasteiger partial charge on any atom is 0.413 e. The molecule has 34 heavy (non-hydrogen) atoms. The summed E-state index contributed by atoms with van der Waals surface area (Å²) in [6, 6.07) is 1.53. The molecular weight excluding hydrogens is 460 g/mol. The van der Waals surface area contributed by atoms with Crippen molar-refractivity contribution >= 4 is 41.6 Å². The Hall–Kier alpha value is -3.14. The molecule has 3 N–H and O–H groups in total. The van der Waals surface area contributed by atoms with Crippen molar-refractivity contribution in [2.45, 2.75) is 72.1 Å². The minimum absolute atomic E-state index is 0.118. The van der Waals surface area contributed by atoms with Crippen LogP contribution < -0.4 is 16.0 Å². The molecule has 2 atom stereocenters. The van der Waals surface area contributed by atoms with Crippen LogP contribution in [-0.4, -0.2) is 44.5 Å². The summed E-state index contributed by atoms with van der Waals surface area (Å²) in [6.07, 6.45) is 5.25. The van der Waals surface area contributed by atoms with E-state index in [0.29, 0.717) is 24.3 Å². The maximum absolute atomic E-state index is 12.8. The van der Waals surface area contributed by atoms with Gasteiger partial charge in [0.2, 0.25) is 6.41 Å². The third-order valence-corrected chi connectivity index (χ3v) is 6.59. The minimum Gasteiger partial charge on any atom is -0.444 e. The van der Waals surface area contributed by atoms with Crippen molar-refractivity contribution in [3.8, 4) is 0 Å². The SMILES string of the molecule is CCC1(C)CCC12NC(=O)/C(=C(Cl)/C=C(\C)Nc1cc(NC(=O)OC(C)(C)C)ncn1)N2C=O. The number of allylic oxidation sites excluding steroid dienone is 3. The van der Waals surface area contributed by atoms with E-state index < -0.39 is 17.4 Å². The molecule has 0 bridgehead atoms. The van der Waals surface area contributed by atoms with Crippen molar-refractivity contribution < 1.29 is 19.1 Å². The Morgan fingerprint density at radius 1 is 1.29 bits per heavy atom. The summed E-state index contributed by atoms with van der Waals surface area (Å²) in [5.41, 5.74) is -0.938. The highest BCUT2D eigenvalue weighted by atomic mass is 35.5. The fourth-order valence-electron chi connectivity index (χ4n) is 4.25. The lowest BCUT2D eigenvalue weighted by molar-refractivity contribution is -0.140. The molecule has 11 heteroatoms. The predicted octanol–water partition coefficient (Wildman–Crippen LogP) is 4.08. The summed E-state index contributed by atoms with van der Waals surface area (Å²) in [5, 5.41) is 8.71. The number of rotatable bonds is 6. The number of halogens is 1. The second kappa shape index (κ2) is 9.25. The zero-order valence-corrected chi connectivity index (χ0v) is 21.0. The highest BCUT2D eigenvalue weighted by molar-refractivity contribution is 6.33. The fraction of sp³-hybridized carbons (Fsp3) is 0.522. The van der Waals surface area contributed by atoms with E-state index in [9.17, 15) is 14.4 Å². The number of aromatic nitrogens is 2. The van der Waals surface area contributed by atoms with Gasteiger partial charge in [-0.3, -0.25) is 19.8 Å². The van der Waals surface area contributed by atoms with Gasteiger partial charge in [0.15, 0.2) is 0 Å². The van der Waals surface area contributed by atoms with Crippen LogP contribution in [0.5, 0.6) is 0 Å². The number of hydrogen-bond donors (Lipinski definition) is 3. The lowest BCUT2D eigenvalue weighted by Gasteiger charge is -2.58. The van der Waals surface area contributed by atoms with Gasteiger partial charge in [-0.05, 0) is 53.0 Å². The number of hydrogen-bond acceptors (Lipinski definition) is 7. The van der Waals surface area contributed by atoms with Crippen molar-refractivity contribution in [3.05, 3.63) is 34.9 Å². The minimum atomic E-state index is -0.750. The van der Waals surface area contributed by atoms with E-state index in [-0.39, 0.29) is 27.9 Å². The van der Waals surface area contributed by atoms with E-state index in [1.54, 1.807) is 33.8 Å². The first kappa shape index (κ1) is 25.5. The molecule has 2 unspecified atom stereocenters. The van der Waals surface area contributed by atoms with Gasteiger partial charge in [0, 0.05) is 17.2 Å². The molecule has 10 nitrogen and oxygen atoms in total. The number of ether oxygens (including phenoxy) is 1. The number of carbonyl (C=O) groups is 3. The fourth-order valence-corrected chi connectivity index (χ4v) is 4.60. The molecule has 0 aromatic carbocycles. The molecular formula is C23H31ClN6O4.